The number of likely N-dealkylation sites (tertiary alicyclic amines) is 1. The molecule has 1 saturated heterocycles. The number of piperidine rings is 1. The zero-order chi connectivity index (χ0) is 33.8. The number of hydrogen-bond acceptors (Lipinski definition) is 11. The molecule has 1 aliphatic heterocycles. The minimum atomic E-state index is -2.62. The standard InChI is InChI=1S/C34H35N3O10/c1-47-33(45)17-8-10-37(11-9-17)15-25(40)36-20-4-2-16(3-5-20)21-6-7-23(38)27-22(21)13-18-12-19-14-24(39)28(32(35)44)31(43)34(19,46)30(42)26(18)29(27)41/h2-7,17-19,38,41,43,46H,8-15H2,1H3,(H2,35,44)(H,36,40)/t18-,19+,34+/m1/s1. The zero-order valence-electron chi connectivity index (χ0n) is 25.6. The fourth-order valence-electron chi connectivity index (χ4n) is 7.52. The topological polar surface area (TPSA) is 217 Å². The molecule has 2 aromatic rings. The van der Waals surface area contributed by atoms with E-state index in [0.29, 0.717) is 48.3 Å². The number of benzene rings is 2. The van der Waals surface area contributed by atoms with Gasteiger partial charge in [-0.05, 0) is 79.6 Å². The number of methoxy groups -OCH3 is 1. The van der Waals surface area contributed by atoms with Crippen LogP contribution in [0.2, 0.25) is 0 Å². The van der Waals surface area contributed by atoms with Crippen molar-refractivity contribution in [1.29, 1.82) is 0 Å². The number of hydrogen-bond donors (Lipinski definition) is 6. The third kappa shape index (κ3) is 5.34. The molecule has 13 heteroatoms. The highest BCUT2D eigenvalue weighted by molar-refractivity contribution is 6.22. The Balaban J connectivity index is 1.23. The van der Waals surface area contributed by atoms with Gasteiger partial charge in [0.25, 0.3) is 5.91 Å². The summed E-state index contributed by atoms with van der Waals surface area (Å²) in [5.41, 5.74) is 4.05. The highest BCUT2D eigenvalue weighted by Gasteiger charge is 2.60. The number of ketones is 2. The van der Waals surface area contributed by atoms with Crippen LogP contribution in [-0.4, -0.2) is 87.0 Å². The first-order valence-electron chi connectivity index (χ1n) is 15.4. The molecule has 1 heterocycles. The number of nitrogens with two attached hydrogens (primary N) is 1. The lowest BCUT2D eigenvalue weighted by Crippen LogP contribution is -2.58. The highest BCUT2D eigenvalue weighted by Crippen LogP contribution is 2.53. The van der Waals surface area contributed by atoms with Gasteiger partial charge in [0.1, 0.15) is 22.8 Å². The molecule has 4 aliphatic rings. The summed E-state index contributed by atoms with van der Waals surface area (Å²) in [6.07, 6.45) is 1.06. The summed E-state index contributed by atoms with van der Waals surface area (Å²) in [4.78, 5) is 64.7. The molecule has 246 valence electrons. The SMILES string of the molecule is COC(=O)C1CCN(CC(=O)Nc2ccc(-c3ccc(O)c4c3C[C@H]3C[C@H]5CC(=O)C(C(N)=O)=C(O)[C@@]5(O)C(=O)C3=C4O)cc2)CC1. The van der Waals surface area contributed by atoms with Crippen molar-refractivity contribution in [2.45, 2.75) is 37.7 Å². The number of carbonyl (C=O) groups excluding carboxylic acids is 5. The molecule has 3 aliphatic carbocycles. The van der Waals surface area contributed by atoms with Gasteiger partial charge >= 0.3 is 5.97 Å². The average Bonchev–Trinajstić information content (AvgIpc) is 3.03. The summed E-state index contributed by atoms with van der Waals surface area (Å²) in [5, 5.41) is 47.2. The number of amides is 2. The molecule has 6 rings (SSSR count). The molecule has 0 aromatic heterocycles. The Morgan fingerprint density at radius 2 is 1.70 bits per heavy atom. The summed E-state index contributed by atoms with van der Waals surface area (Å²) in [5.74, 6) is -7.38. The van der Waals surface area contributed by atoms with Gasteiger partial charge in [0, 0.05) is 23.6 Å². The average molecular weight is 646 g/mol. The molecule has 0 spiro atoms. The number of fused-ring (bicyclic) bond motifs is 3. The van der Waals surface area contributed by atoms with E-state index >= 15 is 0 Å². The molecule has 47 heavy (non-hydrogen) atoms. The first-order chi connectivity index (χ1) is 22.3. The fraction of sp³-hybridized carbons (Fsp3) is 0.382. The number of carbonyl (C=O) groups is 5. The number of aliphatic hydroxyl groups excluding tert-OH is 2. The Labute approximate surface area is 269 Å². The van der Waals surface area contributed by atoms with Crippen LogP contribution in [0.15, 0.2) is 53.3 Å². The van der Waals surface area contributed by atoms with Crippen molar-refractivity contribution in [3.8, 4) is 16.9 Å². The second kappa shape index (κ2) is 12.0. The van der Waals surface area contributed by atoms with Crippen LogP contribution >= 0.6 is 0 Å². The summed E-state index contributed by atoms with van der Waals surface area (Å²) >= 11 is 0. The Morgan fingerprint density at radius 3 is 2.34 bits per heavy atom. The van der Waals surface area contributed by atoms with Crippen LogP contribution in [0, 0.1) is 17.8 Å². The normalized spacial score (nSPS) is 24.7. The molecule has 0 radical (unpaired) electrons. The number of aromatic hydroxyl groups is 1. The van der Waals surface area contributed by atoms with Gasteiger partial charge in [-0.1, -0.05) is 18.2 Å². The summed E-state index contributed by atoms with van der Waals surface area (Å²) in [6.45, 7) is 1.39. The Kier molecular flexibility index (Phi) is 8.14. The third-order valence-corrected chi connectivity index (χ3v) is 9.92. The summed E-state index contributed by atoms with van der Waals surface area (Å²) in [6, 6.07) is 10.1. The maximum atomic E-state index is 13.7. The molecule has 1 saturated carbocycles. The van der Waals surface area contributed by atoms with Gasteiger partial charge in [0.15, 0.2) is 11.4 Å². The molecule has 7 N–H and O–H groups in total. The van der Waals surface area contributed by atoms with Crippen LogP contribution in [0.5, 0.6) is 5.75 Å². The molecule has 0 bridgehead atoms. The van der Waals surface area contributed by atoms with E-state index in [4.69, 9.17) is 10.5 Å². The number of nitrogens with one attached hydrogen (secondary N) is 1. The van der Waals surface area contributed by atoms with Crippen LogP contribution in [0.3, 0.4) is 0 Å². The van der Waals surface area contributed by atoms with Gasteiger partial charge in [0.2, 0.25) is 11.7 Å². The Morgan fingerprint density at radius 1 is 1.02 bits per heavy atom. The van der Waals surface area contributed by atoms with Crippen LogP contribution in [0.1, 0.15) is 36.8 Å². The molecule has 2 aromatic carbocycles. The number of anilines is 1. The number of phenols is 1. The van der Waals surface area contributed by atoms with E-state index in [9.17, 15) is 44.4 Å². The molecule has 2 amide bonds. The lowest BCUT2D eigenvalue weighted by Gasteiger charge is -2.46. The molecular formula is C34H35N3O10. The minimum Gasteiger partial charge on any atom is -0.508 e. The van der Waals surface area contributed by atoms with Crippen molar-refractivity contribution in [2.75, 3.05) is 32.1 Å². The van der Waals surface area contributed by atoms with Crippen LogP contribution < -0.4 is 11.1 Å². The van der Waals surface area contributed by atoms with Gasteiger partial charge in [0.05, 0.1) is 25.1 Å². The second-order valence-corrected chi connectivity index (χ2v) is 12.6. The number of esters is 1. The van der Waals surface area contributed by atoms with E-state index in [1.165, 1.54) is 13.2 Å². The lowest BCUT2D eigenvalue weighted by molar-refractivity contribution is -0.148. The minimum absolute atomic E-state index is 0.00276. The zero-order valence-corrected chi connectivity index (χ0v) is 25.6. The van der Waals surface area contributed by atoms with Crippen molar-refractivity contribution >= 4 is 40.8 Å². The highest BCUT2D eigenvalue weighted by atomic mass is 16.5. The molecule has 2 fully saturated rings. The Bertz CT molecular complexity index is 1770. The number of ether oxygens (including phenoxy) is 1. The second-order valence-electron chi connectivity index (χ2n) is 12.6. The van der Waals surface area contributed by atoms with Gasteiger partial charge in [-0.2, -0.15) is 0 Å². The molecular weight excluding hydrogens is 610 g/mol. The van der Waals surface area contributed by atoms with E-state index < -0.39 is 58.4 Å². The predicted molar refractivity (Wildman–Crippen MR) is 167 cm³/mol. The van der Waals surface area contributed by atoms with Crippen molar-refractivity contribution < 1.29 is 49.1 Å². The molecule has 0 unspecified atom stereocenters. The molecule has 3 atom stereocenters. The summed E-state index contributed by atoms with van der Waals surface area (Å²) < 4.78 is 4.82. The van der Waals surface area contributed by atoms with E-state index in [2.05, 4.69) is 5.32 Å². The van der Waals surface area contributed by atoms with Crippen LogP contribution in [-0.2, 0) is 35.1 Å². The third-order valence-electron chi connectivity index (χ3n) is 9.92. The van der Waals surface area contributed by atoms with Crippen molar-refractivity contribution in [1.82, 2.24) is 4.90 Å². The lowest BCUT2D eigenvalue weighted by atomic mass is 9.59. The van der Waals surface area contributed by atoms with Gasteiger partial charge in [-0.25, -0.2) is 0 Å². The van der Waals surface area contributed by atoms with Gasteiger partial charge in [-0.3, -0.25) is 28.9 Å². The number of Topliss-reactive ketones (excluding diaryl/α,β-unsaturated/α-hetero) is 2. The number of rotatable bonds is 6. The van der Waals surface area contributed by atoms with Crippen molar-refractivity contribution in [2.24, 2.45) is 23.5 Å². The maximum absolute atomic E-state index is 13.7. The van der Waals surface area contributed by atoms with Crippen LogP contribution in [0.4, 0.5) is 5.69 Å². The number of phenolic OH excluding ortho intramolecular Hbond substituents is 1. The van der Waals surface area contributed by atoms with Crippen LogP contribution in [0.25, 0.3) is 16.9 Å². The van der Waals surface area contributed by atoms with E-state index in [1.54, 1.807) is 30.3 Å². The first kappa shape index (κ1) is 32.0. The maximum Gasteiger partial charge on any atom is 0.308 e. The largest absolute Gasteiger partial charge is 0.508 e. The van der Waals surface area contributed by atoms with Gasteiger partial charge < -0.3 is 36.2 Å². The van der Waals surface area contributed by atoms with Crippen molar-refractivity contribution in [3.63, 3.8) is 0 Å². The molecule has 13 nitrogen and oxygen atoms in total. The summed E-state index contributed by atoms with van der Waals surface area (Å²) in [7, 11) is 1.37. The van der Waals surface area contributed by atoms with E-state index in [1.807, 2.05) is 4.90 Å². The number of aliphatic hydroxyl groups is 3. The first-order valence-corrected chi connectivity index (χ1v) is 15.4. The van der Waals surface area contributed by atoms with E-state index in [0.717, 1.165) is 0 Å². The van der Waals surface area contributed by atoms with Gasteiger partial charge in [-0.15, -0.1) is 0 Å². The number of nitrogens with zero attached hydrogens (tertiary/aromatic N) is 1. The number of primary amides is 1. The monoisotopic (exact) mass is 645 g/mol. The quantitative estimate of drug-likeness (QED) is 0.197. The Hall–Kier alpha value is -5.01. The predicted octanol–water partition coefficient (Wildman–Crippen LogP) is 1.91. The smallest absolute Gasteiger partial charge is 0.308 e. The fourth-order valence-corrected chi connectivity index (χ4v) is 7.52. The van der Waals surface area contributed by atoms with Crippen molar-refractivity contribution in [3.05, 3.63) is 64.4 Å². The van der Waals surface area contributed by atoms with E-state index in [-0.39, 0.29) is 54.1 Å².